The van der Waals surface area contributed by atoms with Crippen LogP contribution < -0.4 is 21.7 Å². The molecule has 0 radical (unpaired) electrons. The predicted octanol–water partition coefficient (Wildman–Crippen LogP) is -2.32. The van der Waals surface area contributed by atoms with Crippen LogP contribution in [-0.4, -0.2) is 81.0 Å². The number of carboxylic acids is 2. The summed E-state index contributed by atoms with van der Waals surface area (Å²) < 4.78 is 0. The van der Waals surface area contributed by atoms with Crippen LogP contribution in [0.4, 0.5) is 0 Å². The number of nitrogens with two attached hydrogens (primary N) is 1. The summed E-state index contributed by atoms with van der Waals surface area (Å²) >= 11 is 3.91. The van der Waals surface area contributed by atoms with Gasteiger partial charge in [-0.05, 0) is 19.3 Å². The molecule has 172 valence electrons. The fourth-order valence-corrected chi connectivity index (χ4v) is 2.53. The molecule has 0 aromatic carbocycles. The Morgan fingerprint density at radius 3 is 1.80 bits per heavy atom. The number of hydrogen-bond donors (Lipinski definition) is 8. The third-order valence-electron chi connectivity index (χ3n) is 3.93. The molecule has 0 heterocycles. The Morgan fingerprint density at radius 2 is 1.40 bits per heavy atom. The lowest BCUT2D eigenvalue weighted by Crippen LogP contribution is -2.59. The van der Waals surface area contributed by atoms with Crippen LogP contribution in [0.15, 0.2) is 0 Å². The van der Waals surface area contributed by atoms with Crippen molar-refractivity contribution < 1.29 is 39.3 Å². The summed E-state index contributed by atoms with van der Waals surface area (Å²) in [5.74, 6) is -5.58. The van der Waals surface area contributed by atoms with Gasteiger partial charge in [0, 0.05) is 5.75 Å². The molecule has 0 saturated heterocycles. The van der Waals surface area contributed by atoms with E-state index in [0.717, 1.165) is 6.92 Å². The Morgan fingerprint density at radius 1 is 0.900 bits per heavy atom. The van der Waals surface area contributed by atoms with Crippen LogP contribution in [0.3, 0.4) is 0 Å². The summed E-state index contributed by atoms with van der Waals surface area (Å²) in [5.41, 5.74) is 5.58. The van der Waals surface area contributed by atoms with Crippen LogP contribution in [-0.2, 0) is 24.0 Å². The van der Waals surface area contributed by atoms with Crippen molar-refractivity contribution in [2.75, 3.05) is 5.75 Å². The van der Waals surface area contributed by atoms with Gasteiger partial charge in [-0.1, -0.05) is 13.8 Å². The van der Waals surface area contributed by atoms with Gasteiger partial charge in [-0.25, -0.2) is 4.79 Å². The first-order chi connectivity index (χ1) is 13.8. The Labute approximate surface area is 179 Å². The Bertz CT molecular complexity index is 643. The maximum Gasteiger partial charge on any atom is 0.328 e. The number of carboxylic acid groups (broad SMARTS) is 2. The van der Waals surface area contributed by atoms with E-state index in [1.165, 1.54) is 0 Å². The lowest BCUT2D eigenvalue weighted by atomic mass is 10.0. The highest BCUT2D eigenvalue weighted by molar-refractivity contribution is 7.80. The van der Waals surface area contributed by atoms with Crippen LogP contribution in [0, 0.1) is 5.92 Å². The van der Waals surface area contributed by atoms with E-state index >= 15 is 0 Å². The first kappa shape index (κ1) is 27.6. The third kappa shape index (κ3) is 9.89. The molecule has 0 aliphatic carbocycles. The number of thiol groups is 1. The monoisotopic (exact) mass is 450 g/mol. The molecule has 0 aromatic heterocycles. The molecule has 0 fully saturated rings. The molecule has 30 heavy (non-hydrogen) atoms. The second kappa shape index (κ2) is 13.0. The fraction of sp³-hybridized carbons (Fsp3) is 0.706. The highest BCUT2D eigenvalue weighted by Crippen LogP contribution is 2.07. The van der Waals surface area contributed by atoms with Crippen molar-refractivity contribution in [3.05, 3.63) is 0 Å². The van der Waals surface area contributed by atoms with Gasteiger partial charge in [0.05, 0.1) is 18.6 Å². The number of carbonyl (C=O) groups is 5. The van der Waals surface area contributed by atoms with Crippen molar-refractivity contribution in [2.45, 2.75) is 63.9 Å². The Hall–Kier alpha value is -2.38. The zero-order chi connectivity index (χ0) is 23.6. The van der Waals surface area contributed by atoms with Crippen molar-refractivity contribution in [3.8, 4) is 0 Å². The molecular weight excluding hydrogens is 420 g/mol. The Kier molecular flexibility index (Phi) is 12.0. The quantitative estimate of drug-likeness (QED) is 0.141. The van der Waals surface area contributed by atoms with Gasteiger partial charge < -0.3 is 37.0 Å². The van der Waals surface area contributed by atoms with Gasteiger partial charge in [-0.2, -0.15) is 12.6 Å². The number of aliphatic hydroxyl groups is 1. The number of aliphatic carboxylic acids is 2. The number of aliphatic hydroxyl groups excluding tert-OH is 1. The molecule has 3 amide bonds. The van der Waals surface area contributed by atoms with Gasteiger partial charge in [0.25, 0.3) is 0 Å². The van der Waals surface area contributed by atoms with Crippen molar-refractivity contribution in [1.82, 2.24) is 16.0 Å². The number of nitrogens with one attached hydrogen (secondary N) is 3. The second-order valence-corrected chi connectivity index (χ2v) is 7.57. The summed E-state index contributed by atoms with van der Waals surface area (Å²) in [4.78, 5) is 59.3. The zero-order valence-corrected chi connectivity index (χ0v) is 17.9. The topological polar surface area (TPSA) is 208 Å². The lowest BCUT2D eigenvalue weighted by molar-refractivity contribution is -0.146. The molecule has 0 bridgehead atoms. The van der Waals surface area contributed by atoms with Gasteiger partial charge in [-0.15, -0.1) is 0 Å². The van der Waals surface area contributed by atoms with E-state index in [9.17, 15) is 29.1 Å². The summed E-state index contributed by atoms with van der Waals surface area (Å²) in [7, 11) is 0. The molecule has 12 nitrogen and oxygen atoms in total. The van der Waals surface area contributed by atoms with Crippen LogP contribution in [0.2, 0.25) is 0 Å². The van der Waals surface area contributed by atoms with E-state index in [1.807, 2.05) is 5.32 Å². The van der Waals surface area contributed by atoms with Gasteiger partial charge in [0.1, 0.15) is 12.1 Å². The number of amides is 3. The van der Waals surface area contributed by atoms with E-state index in [1.54, 1.807) is 13.8 Å². The number of hydrogen-bond acceptors (Lipinski definition) is 8. The molecule has 0 aliphatic heterocycles. The highest BCUT2D eigenvalue weighted by atomic mass is 32.1. The minimum absolute atomic E-state index is 0.0296. The third-order valence-corrected chi connectivity index (χ3v) is 4.32. The molecular formula is C17H30N4O8S. The molecule has 8 N–H and O–H groups in total. The first-order valence-corrected chi connectivity index (χ1v) is 9.83. The van der Waals surface area contributed by atoms with E-state index in [2.05, 4.69) is 23.3 Å². The average Bonchev–Trinajstić information content (AvgIpc) is 2.62. The minimum atomic E-state index is -1.70. The van der Waals surface area contributed by atoms with E-state index < -0.39 is 66.4 Å². The van der Waals surface area contributed by atoms with Crippen LogP contribution in [0.25, 0.3) is 0 Å². The SMILES string of the molecule is CC(C)CC(NC(=O)C(N)CS)C(=O)NC(CC(=O)O)C(=O)NC(C(=O)O)C(C)O. The average molecular weight is 451 g/mol. The summed E-state index contributed by atoms with van der Waals surface area (Å²) in [6, 6.07) is -5.43. The van der Waals surface area contributed by atoms with Crippen molar-refractivity contribution in [3.63, 3.8) is 0 Å². The van der Waals surface area contributed by atoms with Crippen molar-refractivity contribution in [1.29, 1.82) is 0 Å². The molecule has 5 atom stereocenters. The first-order valence-electron chi connectivity index (χ1n) is 9.20. The molecule has 0 aromatic rings. The van der Waals surface area contributed by atoms with Crippen LogP contribution in [0.5, 0.6) is 0 Å². The molecule has 0 saturated carbocycles. The molecule has 0 spiro atoms. The smallest absolute Gasteiger partial charge is 0.328 e. The van der Waals surface area contributed by atoms with Crippen molar-refractivity contribution in [2.24, 2.45) is 11.7 Å². The van der Waals surface area contributed by atoms with E-state index in [0.29, 0.717) is 0 Å². The van der Waals surface area contributed by atoms with E-state index in [4.69, 9.17) is 15.9 Å². The minimum Gasteiger partial charge on any atom is -0.481 e. The maximum atomic E-state index is 12.7. The zero-order valence-electron chi connectivity index (χ0n) is 17.0. The Balaban J connectivity index is 5.48. The molecule has 0 aliphatic rings. The summed E-state index contributed by atoms with van der Waals surface area (Å²) in [6.07, 6.45) is -2.14. The largest absolute Gasteiger partial charge is 0.481 e. The van der Waals surface area contributed by atoms with Gasteiger partial charge in [0.15, 0.2) is 6.04 Å². The molecule has 0 rings (SSSR count). The molecule has 5 unspecified atom stereocenters. The predicted molar refractivity (Wildman–Crippen MR) is 109 cm³/mol. The maximum absolute atomic E-state index is 12.7. The summed E-state index contributed by atoms with van der Waals surface area (Å²) in [6.45, 7) is 4.70. The number of rotatable bonds is 13. The van der Waals surface area contributed by atoms with E-state index in [-0.39, 0.29) is 18.1 Å². The molecule has 13 heteroatoms. The van der Waals surface area contributed by atoms with Crippen LogP contribution in [0.1, 0.15) is 33.6 Å². The lowest BCUT2D eigenvalue weighted by Gasteiger charge is -2.25. The van der Waals surface area contributed by atoms with Crippen LogP contribution >= 0.6 is 12.6 Å². The second-order valence-electron chi connectivity index (χ2n) is 7.20. The highest BCUT2D eigenvalue weighted by Gasteiger charge is 2.33. The van der Waals surface area contributed by atoms with Gasteiger partial charge in [0.2, 0.25) is 17.7 Å². The normalized spacial score (nSPS) is 16.0. The summed E-state index contributed by atoms with van der Waals surface area (Å²) in [5, 5.41) is 34.2. The van der Waals surface area contributed by atoms with Crippen molar-refractivity contribution >= 4 is 42.3 Å². The standard InChI is InChI=1S/C17H30N4O8S/c1-7(2)4-10(19-14(25)9(18)6-30)15(26)20-11(5-12(23)24)16(27)21-13(8(3)22)17(28)29/h7-11,13,22,30H,4-6,18H2,1-3H3,(H,19,25)(H,20,26)(H,21,27)(H,23,24)(H,28,29). The fourth-order valence-electron chi connectivity index (χ4n) is 2.36. The van der Waals surface area contributed by atoms with Gasteiger partial charge >= 0.3 is 11.9 Å². The van der Waals surface area contributed by atoms with Gasteiger partial charge in [-0.3, -0.25) is 19.2 Å². The number of carbonyl (C=O) groups excluding carboxylic acids is 3.